The zero-order valence-corrected chi connectivity index (χ0v) is 26.4. The first kappa shape index (κ1) is 32.2. The number of morpholine rings is 1. The van der Waals surface area contributed by atoms with Gasteiger partial charge in [-0.2, -0.15) is 0 Å². The lowest BCUT2D eigenvalue weighted by molar-refractivity contribution is -0.124. The molecule has 2 fully saturated rings. The third-order valence-corrected chi connectivity index (χ3v) is 7.99. The molecule has 1 aliphatic heterocycles. The number of amides is 2. The fourth-order valence-electron chi connectivity index (χ4n) is 5.45. The first-order valence-corrected chi connectivity index (χ1v) is 15.7. The Bertz CT molecular complexity index is 1470. The van der Waals surface area contributed by atoms with Gasteiger partial charge in [0.2, 0.25) is 5.91 Å². The quantitative estimate of drug-likeness (QED) is 0.194. The molecule has 0 unspecified atom stereocenters. The number of carbonyl (C=O) groups is 3. The first-order valence-electron chi connectivity index (χ1n) is 15.7. The van der Waals surface area contributed by atoms with Crippen molar-refractivity contribution in [3.05, 3.63) is 83.9 Å². The highest BCUT2D eigenvalue weighted by Crippen LogP contribution is 2.43. The monoisotopic (exact) mass is 613 g/mol. The molecule has 9 heteroatoms. The summed E-state index contributed by atoms with van der Waals surface area (Å²) < 4.78 is 16.8. The molecule has 0 aromatic heterocycles. The lowest BCUT2D eigenvalue weighted by atomic mass is 9.99. The largest absolute Gasteiger partial charge is 0.491 e. The molecule has 238 valence electrons. The van der Waals surface area contributed by atoms with Gasteiger partial charge in [0.05, 0.1) is 25.5 Å². The molecule has 3 aromatic rings. The van der Waals surface area contributed by atoms with E-state index >= 15 is 0 Å². The van der Waals surface area contributed by atoms with Crippen LogP contribution in [-0.2, 0) is 20.7 Å². The van der Waals surface area contributed by atoms with E-state index in [1.165, 1.54) is 0 Å². The number of anilines is 1. The molecule has 9 nitrogen and oxygen atoms in total. The zero-order chi connectivity index (χ0) is 31.9. The van der Waals surface area contributed by atoms with Crippen LogP contribution in [0.25, 0.3) is 11.1 Å². The maximum absolute atomic E-state index is 13.6. The smallest absolute Gasteiger partial charge is 0.407 e. The van der Waals surface area contributed by atoms with Crippen molar-refractivity contribution in [2.45, 2.75) is 57.6 Å². The minimum absolute atomic E-state index is 0.0552. The Kier molecular flexibility index (Phi) is 10.2. The second-order valence-electron chi connectivity index (χ2n) is 12.6. The summed E-state index contributed by atoms with van der Waals surface area (Å²) in [6, 6.07) is 23.3. The van der Waals surface area contributed by atoms with Crippen LogP contribution in [0.2, 0.25) is 0 Å². The molecule has 2 amide bonds. The van der Waals surface area contributed by atoms with Gasteiger partial charge in [0.15, 0.2) is 5.78 Å². The Labute approximate surface area is 265 Å². The summed E-state index contributed by atoms with van der Waals surface area (Å²) in [4.78, 5) is 41.2. The lowest BCUT2D eigenvalue weighted by Crippen LogP contribution is -2.51. The van der Waals surface area contributed by atoms with E-state index < -0.39 is 17.2 Å². The van der Waals surface area contributed by atoms with Crippen molar-refractivity contribution in [1.82, 2.24) is 10.2 Å². The van der Waals surface area contributed by atoms with E-state index in [0.29, 0.717) is 62.9 Å². The van der Waals surface area contributed by atoms with Gasteiger partial charge < -0.3 is 24.8 Å². The highest BCUT2D eigenvalue weighted by molar-refractivity contribution is 6.03. The number of nitrogens with zero attached hydrogens (tertiary/aromatic N) is 1. The minimum atomic E-state index is -0.571. The van der Waals surface area contributed by atoms with Crippen LogP contribution in [0.5, 0.6) is 5.75 Å². The molecule has 1 saturated carbocycles. The van der Waals surface area contributed by atoms with Crippen LogP contribution in [0, 0.1) is 0 Å². The highest BCUT2D eigenvalue weighted by Gasteiger charge is 2.54. The van der Waals surface area contributed by atoms with Gasteiger partial charge in [-0.05, 0) is 74.9 Å². The fourth-order valence-corrected chi connectivity index (χ4v) is 5.45. The van der Waals surface area contributed by atoms with E-state index in [9.17, 15) is 14.4 Å². The van der Waals surface area contributed by atoms with Crippen molar-refractivity contribution < 1.29 is 28.6 Å². The summed E-state index contributed by atoms with van der Waals surface area (Å²) in [7, 11) is 0. The van der Waals surface area contributed by atoms with Crippen molar-refractivity contribution in [2.24, 2.45) is 0 Å². The molecule has 2 aliphatic rings. The highest BCUT2D eigenvalue weighted by atomic mass is 16.6. The first-order chi connectivity index (χ1) is 21.6. The van der Waals surface area contributed by atoms with Crippen LogP contribution in [0.3, 0.4) is 0 Å². The standard InChI is InChI=1S/C36H43N3O6/c1-35(2,3)45-34(42)37-18-7-21-44-32-15-14-29(25-30(32)38-33(41)36(16-17-36)39-19-22-43-23-20-39)31(40)24-26-10-12-28(13-11-26)27-8-5-4-6-9-27/h4-6,8-15,25H,7,16-24H2,1-3H3,(H,37,42)(H,38,41). The van der Waals surface area contributed by atoms with Gasteiger partial charge in [0.1, 0.15) is 16.9 Å². The average molecular weight is 614 g/mol. The third-order valence-electron chi connectivity index (χ3n) is 7.99. The zero-order valence-electron chi connectivity index (χ0n) is 26.4. The van der Waals surface area contributed by atoms with Gasteiger partial charge in [-0.3, -0.25) is 14.5 Å². The summed E-state index contributed by atoms with van der Waals surface area (Å²) in [5.41, 5.74) is 2.95. The number of ether oxygens (including phenoxy) is 3. The van der Waals surface area contributed by atoms with Crippen molar-refractivity contribution >= 4 is 23.5 Å². The van der Waals surface area contributed by atoms with Gasteiger partial charge in [-0.15, -0.1) is 0 Å². The molecule has 1 heterocycles. The van der Waals surface area contributed by atoms with Gasteiger partial charge in [-0.1, -0.05) is 54.6 Å². The number of hydrogen-bond donors (Lipinski definition) is 2. The Hall–Kier alpha value is -4.21. The Morgan fingerprint density at radius 2 is 1.60 bits per heavy atom. The normalized spacial score (nSPS) is 16.0. The summed E-state index contributed by atoms with van der Waals surface area (Å²) in [6.07, 6.45) is 1.85. The molecule has 2 N–H and O–H groups in total. The van der Waals surface area contributed by atoms with Crippen molar-refractivity contribution in [1.29, 1.82) is 0 Å². The number of Topliss-reactive ketones (excluding diaryl/α,β-unsaturated/α-hetero) is 1. The molecule has 1 saturated heterocycles. The van der Waals surface area contributed by atoms with Gasteiger partial charge in [0, 0.05) is 31.6 Å². The topological polar surface area (TPSA) is 106 Å². The maximum Gasteiger partial charge on any atom is 0.407 e. The van der Waals surface area contributed by atoms with E-state index in [0.717, 1.165) is 29.5 Å². The molecular weight excluding hydrogens is 570 g/mol. The number of alkyl carbamates (subject to hydrolysis) is 1. The van der Waals surface area contributed by atoms with E-state index in [1.54, 1.807) is 18.2 Å². The third kappa shape index (κ3) is 8.71. The van der Waals surface area contributed by atoms with Gasteiger partial charge >= 0.3 is 6.09 Å². The molecule has 0 atom stereocenters. The van der Waals surface area contributed by atoms with Gasteiger partial charge in [0.25, 0.3) is 0 Å². The molecule has 1 aliphatic carbocycles. The predicted octanol–water partition coefficient (Wildman–Crippen LogP) is 5.88. The van der Waals surface area contributed by atoms with Crippen LogP contribution >= 0.6 is 0 Å². The Morgan fingerprint density at radius 1 is 0.911 bits per heavy atom. The fraction of sp³-hybridized carbons (Fsp3) is 0.417. The van der Waals surface area contributed by atoms with Crippen LogP contribution in [0.15, 0.2) is 72.8 Å². The molecule has 45 heavy (non-hydrogen) atoms. The van der Waals surface area contributed by atoms with Crippen molar-refractivity contribution in [2.75, 3.05) is 44.8 Å². The second kappa shape index (κ2) is 14.3. The summed E-state index contributed by atoms with van der Waals surface area (Å²) in [5.74, 6) is 0.324. The van der Waals surface area contributed by atoms with E-state index in [-0.39, 0.29) is 18.1 Å². The molecular formula is C36H43N3O6. The Balaban J connectivity index is 1.26. The molecule has 3 aromatic carbocycles. The number of rotatable bonds is 12. The van der Waals surface area contributed by atoms with Crippen LogP contribution < -0.4 is 15.4 Å². The van der Waals surface area contributed by atoms with Crippen molar-refractivity contribution in [3.8, 4) is 16.9 Å². The number of hydrogen-bond acceptors (Lipinski definition) is 7. The molecule has 5 rings (SSSR count). The number of ketones is 1. The number of nitrogens with one attached hydrogen (secondary N) is 2. The van der Waals surface area contributed by atoms with Gasteiger partial charge in [-0.25, -0.2) is 4.79 Å². The maximum atomic E-state index is 13.6. The second-order valence-corrected chi connectivity index (χ2v) is 12.6. The van der Waals surface area contributed by atoms with E-state index in [2.05, 4.69) is 27.7 Å². The average Bonchev–Trinajstić information content (AvgIpc) is 3.84. The Morgan fingerprint density at radius 3 is 2.27 bits per heavy atom. The van der Waals surface area contributed by atoms with E-state index in [1.807, 2.05) is 63.2 Å². The van der Waals surface area contributed by atoms with E-state index in [4.69, 9.17) is 14.2 Å². The minimum Gasteiger partial charge on any atom is -0.491 e. The number of carbonyl (C=O) groups excluding carboxylic acids is 3. The summed E-state index contributed by atoms with van der Waals surface area (Å²) in [5, 5.41) is 5.82. The van der Waals surface area contributed by atoms with Crippen LogP contribution in [-0.4, -0.2) is 73.3 Å². The summed E-state index contributed by atoms with van der Waals surface area (Å²) >= 11 is 0. The van der Waals surface area contributed by atoms with Crippen LogP contribution in [0.4, 0.5) is 10.5 Å². The predicted molar refractivity (Wildman–Crippen MR) is 174 cm³/mol. The van der Waals surface area contributed by atoms with Crippen LogP contribution in [0.1, 0.15) is 56.0 Å². The molecule has 0 radical (unpaired) electrons. The molecule has 0 spiro atoms. The van der Waals surface area contributed by atoms with Crippen molar-refractivity contribution in [3.63, 3.8) is 0 Å². The SMILES string of the molecule is CC(C)(C)OC(=O)NCCCOc1ccc(C(=O)Cc2ccc(-c3ccccc3)cc2)cc1NC(=O)C1(N2CCOCC2)CC1. The summed E-state index contributed by atoms with van der Waals surface area (Å²) in [6.45, 7) is 8.75. The molecule has 0 bridgehead atoms. The lowest BCUT2D eigenvalue weighted by Gasteiger charge is -2.34. The number of benzene rings is 3.